The Balaban J connectivity index is 1.58. The van der Waals surface area contributed by atoms with Crippen molar-refractivity contribution in [1.29, 1.82) is 0 Å². The molecule has 1 amide bonds. The Morgan fingerprint density at radius 3 is 2.76 bits per heavy atom. The van der Waals surface area contributed by atoms with Crippen LogP contribution in [0.3, 0.4) is 0 Å². The highest BCUT2D eigenvalue weighted by atomic mass is 16.4. The summed E-state index contributed by atoms with van der Waals surface area (Å²) in [5.41, 5.74) is 0.718. The molecule has 0 aliphatic heterocycles. The van der Waals surface area contributed by atoms with Gasteiger partial charge in [0, 0.05) is 29.7 Å². The quantitative estimate of drug-likeness (QED) is 0.690. The lowest BCUT2D eigenvalue weighted by Crippen LogP contribution is -2.44. The summed E-state index contributed by atoms with van der Waals surface area (Å²) in [5, 5.41) is 22.6. The number of aromatic nitrogens is 4. The van der Waals surface area contributed by atoms with E-state index in [4.69, 9.17) is 0 Å². The molecule has 0 bridgehead atoms. The van der Waals surface area contributed by atoms with Gasteiger partial charge in [0.25, 0.3) is 5.91 Å². The minimum Gasteiger partial charge on any atom is -0.481 e. The summed E-state index contributed by atoms with van der Waals surface area (Å²) in [7, 11) is 0. The molecule has 0 radical (unpaired) electrons. The number of fused-ring (bicyclic) bond motifs is 1. The molecule has 1 saturated carbocycles. The van der Waals surface area contributed by atoms with Crippen LogP contribution in [-0.4, -0.2) is 43.5 Å². The largest absolute Gasteiger partial charge is 0.481 e. The molecule has 150 valence electrons. The third kappa shape index (κ3) is 3.46. The number of aliphatic carboxylic acids is 1. The van der Waals surface area contributed by atoms with Gasteiger partial charge < -0.3 is 10.4 Å². The lowest BCUT2D eigenvalue weighted by molar-refractivity contribution is -0.150. The highest BCUT2D eigenvalue weighted by Gasteiger charge is 2.40. The van der Waals surface area contributed by atoms with Crippen molar-refractivity contribution in [2.45, 2.75) is 39.0 Å². The molecule has 1 fully saturated rings. The second kappa shape index (κ2) is 7.62. The van der Waals surface area contributed by atoms with Crippen LogP contribution in [0.2, 0.25) is 0 Å². The second-order valence-corrected chi connectivity index (χ2v) is 7.64. The molecule has 0 spiro atoms. The summed E-state index contributed by atoms with van der Waals surface area (Å²) in [6, 6.07) is 7.67. The molecule has 1 aliphatic carbocycles. The topological polar surface area (TPSA) is 110 Å². The highest BCUT2D eigenvalue weighted by molar-refractivity contribution is 5.94. The van der Waals surface area contributed by atoms with E-state index in [1.165, 1.54) is 0 Å². The number of rotatable bonds is 5. The maximum Gasteiger partial charge on any atom is 0.311 e. The van der Waals surface area contributed by atoms with Gasteiger partial charge in [-0.1, -0.05) is 36.6 Å². The van der Waals surface area contributed by atoms with Crippen molar-refractivity contribution in [3.8, 4) is 5.69 Å². The van der Waals surface area contributed by atoms with Gasteiger partial charge in [0.05, 0.1) is 16.8 Å². The number of nitrogens with one attached hydrogen (secondary N) is 1. The van der Waals surface area contributed by atoms with E-state index in [0.29, 0.717) is 18.5 Å². The second-order valence-electron chi connectivity index (χ2n) is 7.64. The number of benzene rings is 1. The van der Waals surface area contributed by atoms with Crippen LogP contribution in [0, 0.1) is 12.3 Å². The Kier molecular flexibility index (Phi) is 5.00. The van der Waals surface area contributed by atoms with E-state index in [2.05, 4.69) is 20.6 Å². The molecule has 8 nitrogen and oxygen atoms in total. The van der Waals surface area contributed by atoms with Crippen LogP contribution in [0.4, 0.5) is 0 Å². The molecular weight excluding hydrogens is 370 g/mol. The van der Waals surface area contributed by atoms with Crippen molar-refractivity contribution in [3.63, 3.8) is 0 Å². The van der Waals surface area contributed by atoms with Crippen molar-refractivity contribution in [2.24, 2.45) is 5.41 Å². The zero-order chi connectivity index (χ0) is 20.4. The Bertz CT molecular complexity index is 1060. The van der Waals surface area contributed by atoms with Gasteiger partial charge in [-0.3, -0.25) is 14.6 Å². The minimum absolute atomic E-state index is 0.105. The SMILES string of the molecule is Cc1c(C(=O)NCC2(C(=O)O)CCCCC2)nnn1-c1cccc2cnccc12. The maximum absolute atomic E-state index is 12.8. The summed E-state index contributed by atoms with van der Waals surface area (Å²) in [4.78, 5) is 28.7. The first-order valence-electron chi connectivity index (χ1n) is 9.79. The fraction of sp³-hybridized carbons (Fsp3) is 0.381. The van der Waals surface area contributed by atoms with Gasteiger partial charge in [0.1, 0.15) is 0 Å². The third-order valence-electron chi connectivity index (χ3n) is 5.85. The first-order chi connectivity index (χ1) is 14.0. The Labute approximate surface area is 167 Å². The van der Waals surface area contributed by atoms with Gasteiger partial charge in [-0.15, -0.1) is 5.10 Å². The first kappa shape index (κ1) is 19.0. The monoisotopic (exact) mass is 393 g/mol. The molecule has 1 aliphatic rings. The smallest absolute Gasteiger partial charge is 0.311 e. The van der Waals surface area contributed by atoms with E-state index in [-0.39, 0.29) is 12.2 Å². The summed E-state index contributed by atoms with van der Waals surface area (Å²) in [5.74, 6) is -1.25. The zero-order valence-electron chi connectivity index (χ0n) is 16.3. The third-order valence-corrected chi connectivity index (χ3v) is 5.85. The number of carbonyl (C=O) groups excluding carboxylic acids is 1. The van der Waals surface area contributed by atoms with Gasteiger partial charge in [-0.05, 0) is 31.9 Å². The number of carboxylic acid groups (broad SMARTS) is 1. The fourth-order valence-corrected chi connectivity index (χ4v) is 4.09. The van der Waals surface area contributed by atoms with Crippen molar-refractivity contribution >= 4 is 22.6 Å². The van der Waals surface area contributed by atoms with Gasteiger partial charge in [-0.2, -0.15) is 0 Å². The molecule has 2 N–H and O–H groups in total. The number of carbonyl (C=O) groups is 2. The Morgan fingerprint density at radius 1 is 1.21 bits per heavy atom. The molecule has 29 heavy (non-hydrogen) atoms. The molecule has 3 aromatic rings. The van der Waals surface area contributed by atoms with Crippen LogP contribution in [-0.2, 0) is 4.79 Å². The van der Waals surface area contributed by atoms with Crippen LogP contribution < -0.4 is 5.32 Å². The maximum atomic E-state index is 12.8. The minimum atomic E-state index is -0.888. The number of hydrogen-bond acceptors (Lipinski definition) is 5. The van der Waals surface area contributed by atoms with Crippen LogP contribution in [0.5, 0.6) is 0 Å². The van der Waals surface area contributed by atoms with Crippen molar-refractivity contribution < 1.29 is 14.7 Å². The number of pyridine rings is 1. The average Bonchev–Trinajstić information content (AvgIpc) is 3.13. The average molecular weight is 393 g/mol. The summed E-state index contributed by atoms with van der Waals surface area (Å²) in [6.45, 7) is 1.88. The summed E-state index contributed by atoms with van der Waals surface area (Å²) in [6.07, 6.45) is 7.42. The van der Waals surface area contributed by atoms with Gasteiger partial charge in [-0.25, -0.2) is 4.68 Å². The predicted octanol–water partition coefficient (Wildman–Crippen LogP) is 2.89. The van der Waals surface area contributed by atoms with E-state index in [0.717, 1.165) is 35.7 Å². The van der Waals surface area contributed by atoms with Crippen LogP contribution in [0.25, 0.3) is 16.5 Å². The van der Waals surface area contributed by atoms with Crippen molar-refractivity contribution in [2.75, 3.05) is 6.54 Å². The molecule has 2 aromatic heterocycles. The van der Waals surface area contributed by atoms with Crippen molar-refractivity contribution in [3.05, 3.63) is 48.0 Å². The molecule has 8 heteroatoms. The van der Waals surface area contributed by atoms with E-state index < -0.39 is 17.3 Å². The Hall–Kier alpha value is -3.29. The number of carboxylic acids is 1. The van der Waals surface area contributed by atoms with E-state index in [1.807, 2.05) is 24.3 Å². The molecular formula is C21H23N5O3. The normalized spacial score (nSPS) is 15.9. The lowest BCUT2D eigenvalue weighted by Gasteiger charge is -2.33. The van der Waals surface area contributed by atoms with Gasteiger partial charge in [0.15, 0.2) is 5.69 Å². The molecule has 2 heterocycles. The summed E-state index contributed by atoms with van der Waals surface area (Å²) < 4.78 is 1.63. The lowest BCUT2D eigenvalue weighted by atomic mass is 9.74. The van der Waals surface area contributed by atoms with Crippen LogP contribution in [0.1, 0.15) is 48.3 Å². The number of nitrogens with zero attached hydrogens (tertiary/aromatic N) is 4. The van der Waals surface area contributed by atoms with E-state index in [9.17, 15) is 14.7 Å². The molecule has 4 rings (SSSR count). The molecule has 0 atom stereocenters. The predicted molar refractivity (Wildman–Crippen MR) is 107 cm³/mol. The number of amides is 1. The van der Waals surface area contributed by atoms with E-state index >= 15 is 0 Å². The highest BCUT2D eigenvalue weighted by Crippen LogP contribution is 2.36. The van der Waals surface area contributed by atoms with Crippen molar-refractivity contribution in [1.82, 2.24) is 25.3 Å². The molecule has 0 unspecified atom stereocenters. The van der Waals surface area contributed by atoms with Crippen LogP contribution in [0.15, 0.2) is 36.7 Å². The standard InChI is InChI=1S/C21H23N5O3/c1-14-18(19(27)23-13-21(20(28)29)9-3-2-4-10-21)24-25-26(14)17-7-5-6-15-12-22-11-8-16(15)17/h5-8,11-12H,2-4,9-10,13H2,1H3,(H,23,27)(H,28,29). The molecule has 1 aromatic carbocycles. The van der Waals surface area contributed by atoms with Crippen LogP contribution >= 0.6 is 0 Å². The van der Waals surface area contributed by atoms with Gasteiger partial charge >= 0.3 is 5.97 Å². The summed E-state index contributed by atoms with van der Waals surface area (Å²) >= 11 is 0. The van der Waals surface area contributed by atoms with E-state index in [1.54, 1.807) is 24.0 Å². The zero-order valence-corrected chi connectivity index (χ0v) is 16.3. The first-order valence-corrected chi connectivity index (χ1v) is 9.79. The Morgan fingerprint density at radius 2 is 2.00 bits per heavy atom. The molecule has 0 saturated heterocycles. The van der Waals surface area contributed by atoms with Gasteiger partial charge in [0.2, 0.25) is 0 Å². The fourth-order valence-electron chi connectivity index (χ4n) is 4.09. The number of hydrogen-bond donors (Lipinski definition) is 2.